The van der Waals surface area contributed by atoms with Crippen LogP contribution in [-0.2, 0) is 10.0 Å². The second kappa shape index (κ2) is 5.67. The van der Waals surface area contributed by atoms with E-state index in [1.165, 1.54) is 25.5 Å². The van der Waals surface area contributed by atoms with E-state index < -0.39 is 10.0 Å². The Morgan fingerprint density at radius 3 is 2.32 bits per heavy atom. The number of benzene rings is 2. The first kappa shape index (κ1) is 13.3. The third-order valence-corrected chi connectivity index (χ3v) is 3.76. The number of rotatable bonds is 4. The summed E-state index contributed by atoms with van der Waals surface area (Å²) >= 11 is 0. The fraction of sp³-hybridized carbons (Fsp3) is 0.0714. The first-order valence-corrected chi connectivity index (χ1v) is 7.06. The molecule has 0 N–H and O–H groups in total. The Labute approximate surface area is 112 Å². The predicted octanol–water partition coefficient (Wildman–Crippen LogP) is 2.50. The summed E-state index contributed by atoms with van der Waals surface area (Å²) in [6, 6.07) is 15.2. The van der Waals surface area contributed by atoms with Gasteiger partial charge >= 0.3 is 0 Å². The molecule has 0 saturated heterocycles. The monoisotopic (exact) mass is 275 g/mol. The highest BCUT2D eigenvalue weighted by molar-refractivity contribution is 7.90. The minimum atomic E-state index is -3.67. The van der Waals surface area contributed by atoms with E-state index in [-0.39, 0.29) is 4.90 Å². The van der Waals surface area contributed by atoms with Gasteiger partial charge in [-0.2, -0.15) is 12.8 Å². The fourth-order valence-corrected chi connectivity index (χ4v) is 2.43. The molecule has 19 heavy (non-hydrogen) atoms. The van der Waals surface area contributed by atoms with Crippen molar-refractivity contribution in [2.24, 2.45) is 4.40 Å². The van der Waals surface area contributed by atoms with Crippen molar-refractivity contribution >= 4 is 16.2 Å². The van der Waals surface area contributed by atoms with Crippen LogP contribution in [0.2, 0.25) is 0 Å². The molecule has 0 saturated carbocycles. The Balaban J connectivity index is 2.33. The number of ether oxygens (including phenoxy) is 1. The largest absolute Gasteiger partial charge is 0.496 e. The summed E-state index contributed by atoms with van der Waals surface area (Å²) in [4.78, 5) is 0.168. The third kappa shape index (κ3) is 3.20. The lowest BCUT2D eigenvalue weighted by Gasteiger charge is -2.03. The van der Waals surface area contributed by atoms with Crippen molar-refractivity contribution in [2.75, 3.05) is 7.11 Å². The lowest BCUT2D eigenvalue weighted by Crippen LogP contribution is -1.98. The molecule has 2 aromatic carbocycles. The van der Waals surface area contributed by atoms with E-state index in [1.54, 1.807) is 36.4 Å². The van der Waals surface area contributed by atoms with Crippen LogP contribution in [0.3, 0.4) is 0 Å². The minimum Gasteiger partial charge on any atom is -0.496 e. The van der Waals surface area contributed by atoms with Crippen molar-refractivity contribution in [3.63, 3.8) is 0 Å². The van der Waals surface area contributed by atoms with Crippen LogP contribution in [0.4, 0.5) is 0 Å². The van der Waals surface area contributed by atoms with Crippen LogP contribution in [0.25, 0.3) is 0 Å². The first-order chi connectivity index (χ1) is 9.13. The van der Waals surface area contributed by atoms with E-state index in [1.807, 2.05) is 6.07 Å². The van der Waals surface area contributed by atoms with E-state index in [4.69, 9.17) is 4.74 Å². The van der Waals surface area contributed by atoms with Crippen molar-refractivity contribution in [3.05, 3.63) is 60.2 Å². The Bertz CT molecular complexity index is 679. The number of hydrogen-bond donors (Lipinski definition) is 0. The van der Waals surface area contributed by atoms with Gasteiger partial charge in [0, 0.05) is 5.56 Å². The number of para-hydroxylation sites is 1. The highest BCUT2D eigenvalue weighted by Gasteiger charge is 2.10. The zero-order valence-electron chi connectivity index (χ0n) is 10.4. The van der Waals surface area contributed by atoms with Crippen molar-refractivity contribution in [1.82, 2.24) is 0 Å². The summed E-state index contributed by atoms with van der Waals surface area (Å²) in [6.07, 6.45) is 1.29. The maximum atomic E-state index is 12.0. The van der Waals surface area contributed by atoms with Crippen molar-refractivity contribution in [3.8, 4) is 5.75 Å². The molecular formula is C14H13NO3S. The average molecular weight is 275 g/mol. The number of sulfonamides is 1. The lowest BCUT2D eigenvalue weighted by atomic mass is 10.2. The average Bonchev–Trinajstić information content (AvgIpc) is 2.46. The maximum absolute atomic E-state index is 12.0. The molecule has 0 amide bonds. The number of methoxy groups -OCH3 is 1. The molecule has 2 aromatic rings. The summed E-state index contributed by atoms with van der Waals surface area (Å²) in [5.74, 6) is 0.578. The van der Waals surface area contributed by atoms with Gasteiger partial charge in [0.05, 0.1) is 18.2 Å². The molecule has 0 spiro atoms. The normalized spacial score (nSPS) is 11.6. The molecule has 0 aliphatic rings. The molecule has 0 bridgehead atoms. The lowest BCUT2D eigenvalue weighted by molar-refractivity contribution is 0.414. The smallest absolute Gasteiger partial charge is 0.282 e. The van der Waals surface area contributed by atoms with Crippen LogP contribution in [0.5, 0.6) is 5.75 Å². The quantitative estimate of drug-likeness (QED) is 0.806. The van der Waals surface area contributed by atoms with E-state index >= 15 is 0 Å². The molecule has 0 fully saturated rings. The van der Waals surface area contributed by atoms with Crippen LogP contribution in [-0.4, -0.2) is 21.7 Å². The van der Waals surface area contributed by atoms with Gasteiger partial charge in [-0.3, -0.25) is 0 Å². The second-order valence-electron chi connectivity index (χ2n) is 3.76. The van der Waals surface area contributed by atoms with Gasteiger partial charge in [-0.1, -0.05) is 30.3 Å². The maximum Gasteiger partial charge on any atom is 0.282 e. The summed E-state index contributed by atoms with van der Waals surface area (Å²) in [7, 11) is -2.14. The van der Waals surface area contributed by atoms with Gasteiger partial charge < -0.3 is 4.74 Å². The van der Waals surface area contributed by atoms with Gasteiger partial charge in [0.1, 0.15) is 5.75 Å². The molecule has 0 unspecified atom stereocenters. The van der Waals surface area contributed by atoms with Gasteiger partial charge in [-0.15, -0.1) is 0 Å². The topological polar surface area (TPSA) is 55.7 Å². The molecule has 0 radical (unpaired) electrons. The third-order valence-electron chi connectivity index (χ3n) is 2.51. The zero-order chi connectivity index (χ0) is 13.7. The van der Waals surface area contributed by atoms with Gasteiger partial charge in [0.15, 0.2) is 0 Å². The molecule has 0 heterocycles. The van der Waals surface area contributed by atoms with Gasteiger partial charge in [0.25, 0.3) is 10.0 Å². The molecule has 98 valence electrons. The van der Waals surface area contributed by atoms with Crippen LogP contribution in [0.15, 0.2) is 63.9 Å². The Hall–Kier alpha value is -2.14. The summed E-state index contributed by atoms with van der Waals surface area (Å²) in [5.41, 5.74) is 0.615. The number of hydrogen-bond acceptors (Lipinski definition) is 3. The Morgan fingerprint density at radius 1 is 1.00 bits per heavy atom. The van der Waals surface area contributed by atoms with Crippen LogP contribution in [0, 0.1) is 0 Å². The SMILES string of the molecule is COc1ccccc1/C=N\S(=O)(=O)c1ccccc1. The van der Waals surface area contributed by atoms with E-state index in [0.717, 1.165) is 0 Å². The second-order valence-corrected chi connectivity index (χ2v) is 5.40. The van der Waals surface area contributed by atoms with Gasteiger partial charge in [0.2, 0.25) is 0 Å². The first-order valence-electron chi connectivity index (χ1n) is 5.62. The van der Waals surface area contributed by atoms with E-state index in [2.05, 4.69) is 4.40 Å². The fourth-order valence-electron chi connectivity index (χ4n) is 1.55. The van der Waals surface area contributed by atoms with Crippen molar-refractivity contribution in [2.45, 2.75) is 4.90 Å². The molecule has 5 heteroatoms. The van der Waals surface area contributed by atoms with Crippen LogP contribution in [0.1, 0.15) is 5.56 Å². The highest BCUT2D eigenvalue weighted by Crippen LogP contribution is 2.16. The van der Waals surface area contributed by atoms with Gasteiger partial charge in [-0.05, 0) is 24.3 Å². The zero-order valence-corrected chi connectivity index (χ0v) is 11.2. The van der Waals surface area contributed by atoms with Crippen LogP contribution >= 0.6 is 0 Å². The standard InChI is InChI=1S/C14H13NO3S/c1-18-14-10-6-5-7-12(14)11-15-19(16,17)13-8-3-2-4-9-13/h2-11H,1H3/b15-11-. The summed E-state index contributed by atoms with van der Waals surface area (Å²) < 4.78 is 32.7. The Morgan fingerprint density at radius 2 is 1.63 bits per heavy atom. The minimum absolute atomic E-state index is 0.168. The highest BCUT2D eigenvalue weighted by atomic mass is 32.2. The molecular weight excluding hydrogens is 262 g/mol. The van der Waals surface area contributed by atoms with Crippen molar-refractivity contribution in [1.29, 1.82) is 0 Å². The molecule has 0 aliphatic heterocycles. The van der Waals surface area contributed by atoms with E-state index in [9.17, 15) is 8.42 Å². The molecule has 2 rings (SSSR count). The molecule has 0 aromatic heterocycles. The Kier molecular flexibility index (Phi) is 3.97. The molecule has 4 nitrogen and oxygen atoms in total. The molecule has 0 aliphatic carbocycles. The molecule has 0 atom stereocenters. The summed E-state index contributed by atoms with van der Waals surface area (Å²) in [6.45, 7) is 0. The number of nitrogens with zero attached hydrogens (tertiary/aromatic N) is 1. The summed E-state index contributed by atoms with van der Waals surface area (Å²) in [5, 5.41) is 0. The van der Waals surface area contributed by atoms with E-state index in [0.29, 0.717) is 11.3 Å². The predicted molar refractivity (Wildman–Crippen MR) is 74.2 cm³/mol. The van der Waals surface area contributed by atoms with Gasteiger partial charge in [-0.25, -0.2) is 0 Å². The van der Waals surface area contributed by atoms with Crippen LogP contribution < -0.4 is 4.74 Å². The van der Waals surface area contributed by atoms with Crippen molar-refractivity contribution < 1.29 is 13.2 Å².